The summed E-state index contributed by atoms with van der Waals surface area (Å²) in [6.45, 7) is 0.173. The zero-order chi connectivity index (χ0) is 10.8. The molecule has 1 amide bonds. The van der Waals surface area contributed by atoms with E-state index in [-0.39, 0.29) is 6.61 Å². The normalized spacial score (nSPS) is 22.0. The van der Waals surface area contributed by atoms with Crippen molar-refractivity contribution in [2.24, 2.45) is 0 Å². The predicted octanol–water partition coefficient (Wildman–Crippen LogP) is 1.48. The fourth-order valence-electron chi connectivity index (χ4n) is 1.49. The minimum Gasteiger partial charge on any atom is -0.447 e. The molecule has 5 heteroatoms. The van der Waals surface area contributed by atoms with E-state index in [4.69, 9.17) is 16.3 Å². The SMILES string of the molecule is O=C1N[C@@H]([C@H](O)c2cccc(Cl)c2)CO1. The first-order valence-corrected chi connectivity index (χ1v) is 4.91. The Morgan fingerprint density at radius 3 is 3.00 bits per heavy atom. The maximum Gasteiger partial charge on any atom is 0.407 e. The Morgan fingerprint density at radius 1 is 1.60 bits per heavy atom. The van der Waals surface area contributed by atoms with E-state index in [9.17, 15) is 9.90 Å². The van der Waals surface area contributed by atoms with Gasteiger partial charge in [-0.25, -0.2) is 4.79 Å². The first-order chi connectivity index (χ1) is 7.16. The number of hydrogen-bond acceptors (Lipinski definition) is 3. The summed E-state index contributed by atoms with van der Waals surface area (Å²) in [5, 5.41) is 13.0. The van der Waals surface area contributed by atoms with Gasteiger partial charge in [-0.15, -0.1) is 0 Å². The van der Waals surface area contributed by atoms with Crippen LogP contribution in [0.25, 0.3) is 0 Å². The molecule has 2 atom stereocenters. The van der Waals surface area contributed by atoms with Gasteiger partial charge in [0, 0.05) is 5.02 Å². The number of benzene rings is 1. The number of nitrogens with one attached hydrogen (secondary N) is 1. The maximum absolute atomic E-state index is 10.8. The van der Waals surface area contributed by atoms with Gasteiger partial charge in [0.05, 0.1) is 6.04 Å². The van der Waals surface area contributed by atoms with Crippen LogP contribution >= 0.6 is 11.6 Å². The van der Waals surface area contributed by atoms with Crippen LogP contribution in [0.2, 0.25) is 5.02 Å². The van der Waals surface area contributed by atoms with Crippen molar-refractivity contribution in [1.82, 2.24) is 5.32 Å². The lowest BCUT2D eigenvalue weighted by Crippen LogP contribution is -2.32. The number of rotatable bonds is 2. The summed E-state index contributed by atoms with van der Waals surface area (Å²) >= 11 is 5.79. The number of cyclic esters (lactones) is 1. The minimum absolute atomic E-state index is 0.173. The highest BCUT2D eigenvalue weighted by Crippen LogP contribution is 2.22. The molecule has 1 aromatic rings. The van der Waals surface area contributed by atoms with E-state index in [2.05, 4.69) is 5.32 Å². The van der Waals surface area contributed by atoms with E-state index < -0.39 is 18.2 Å². The fraction of sp³-hybridized carbons (Fsp3) is 0.300. The minimum atomic E-state index is -0.796. The Morgan fingerprint density at radius 2 is 2.40 bits per heavy atom. The first-order valence-electron chi connectivity index (χ1n) is 4.53. The number of carbonyl (C=O) groups excluding carboxylic acids is 1. The van der Waals surface area contributed by atoms with E-state index in [0.717, 1.165) is 0 Å². The largest absolute Gasteiger partial charge is 0.447 e. The van der Waals surface area contributed by atoms with Crippen molar-refractivity contribution >= 4 is 17.7 Å². The Hall–Kier alpha value is -1.26. The van der Waals surface area contributed by atoms with Crippen LogP contribution in [0.15, 0.2) is 24.3 Å². The van der Waals surface area contributed by atoms with Crippen LogP contribution in [0.4, 0.5) is 4.79 Å². The second kappa shape index (κ2) is 4.08. The van der Waals surface area contributed by atoms with Crippen LogP contribution in [-0.2, 0) is 4.74 Å². The molecule has 1 saturated heterocycles. The van der Waals surface area contributed by atoms with Crippen molar-refractivity contribution in [3.05, 3.63) is 34.9 Å². The van der Waals surface area contributed by atoms with Crippen LogP contribution in [0.5, 0.6) is 0 Å². The molecule has 0 spiro atoms. The Labute approximate surface area is 91.8 Å². The van der Waals surface area contributed by atoms with E-state index in [1.807, 2.05) is 0 Å². The molecule has 1 aliphatic heterocycles. The van der Waals surface area contributed by atoms with Gasteiger partial charge in [-0.05, 0) is 17.7 Å². The third-order valence-electron chi connectivity index (χ3n) is 2.27. The average molecular weight is 228 g/mol. The number of alkyl carbamates (subject to hydrolysis) is 1. The molecule has 1 aromatic carbocycles. The Bertz CT molecular complexity index is 383. The highest BCUT2D eigenvalue weighted by atomic mass is 35.5. The van der Waals surface area contributed by atoms with Gasteiger partial charge in [-0.2, -0.15) is 0 Å². The first kappa shape index (κ1) is 10.3. The zero-order valence-electron chi connectivity index (χ0n) is 7.81. The molecule has 0 aliphatic carbocycles. The summed E-state index contributed by atoms with van der Waals surface area (Å²) in [6.07, 6.45) is -1.30. The predicted molar refractivity (Wildman–Crippen MR) is 54.7 cm³/mol. The van der Waals surface area contributed by atoms with Gasteiger partial charge in [0.25, 0.3) is 0 Å². The highest BCUT2D eigenvalue weighted by Gasteiger charge is 2.29. The molecular formula is C10H10ClNO3. The third-order valence-corrected chi connectivity index (χ3v) is 2.50. The van der Waals surface area contributed by atoms with Gasteiger partial charge < -0.3 is 15.2 Å². The molecule has 0 aromatic heterocycles. The lowest BCUT2D eigenvalue weighted by atomic mass is 10.0. The zero-order valence-corrected chi connectivity index (χ0v) is 8.57. The van der Waals surface area contributed by atoms with Crippen molar-refractivity contribution < 1.29 is 14.6 Å². The molecule has 0 bridgehead atoms. The molecule has 2 N–H and O–H groups in total. The summed E-state index contributed by atoms with van der Waals surface area (Å²) in [7, 11) is 0. The van der Waals surface area contributed by atoms with Gasteiger partial charge in [-0.3, -0.25) is 0 Å². The van der Waals surface area contributed by atoms with Gasteiger partial charge in [-0.1, -0.05) is 23.7 Å². The Balaban J connectivity index is 2.13. The van der Waals surface area contributed by atoms with E-state index >= 15 is 0 Å². The van der Waals surface area contributed by atoms with Gasteiger partial charge in [0.2, 0.25) is 0 Å². The summed E-state index contributed by atoms with van der Waals surface area (Å²) in [5.74, 6) is 0. The van der Waals surface area contributed by atoms with Crippen molar-refractivity contribution in [3.63, 3.8) is 0 Å². The van der Waals surface area contributed by atoms with Gasteiger partial charge in [0.1, 0.15) is 12.7 Å². The van der Waals surface area contributed by atoms with Crippen LogP contribution < -0.4 is 5.32 Å². The third kappa shape index (κ3) is 2.22. The number of hydrogen-bond donors (Lipinski definition) is 2. The summed E-state index contributed by atoms with van der Waals surface area (Å²) in [5.41, 5.74) is 0.665. The molecule has 80 valence electrons. The number of ether oxygens (including phenoxy) is 1. The lowest BCUT2D eigenvalue weighted by Gasteiger charge is -2.16. The molecule has 15 heavy (non-hydrogen) atoms. The van der Waals surface area contributed by atoms with Crippen LogP contribution in [-0.4, -0.2) is 23.8 Å². The van der Waals surface area contributed by atoms with E-state index in [0.29, 0.717) is 10.6 Å². The second-order valence-corrected chi connectivity index (χ2v) is 3.79. The number of halogens is 1. The molecule has 0 unspecified atom stereocenters. The fourth-order valence-corrected chi connectivity index (χ4v) is 1.69. The smallest absolute Gasteiger partial charge is 0.407 e. The molecule has 1 aliphatic rings. The molecule has 1 heterocycles. The topological polar surface area (TPSA) is 58.6 Å². The lowest BCUT2D eigenvalue weighted by molar-refractivity contribution is 0.125. The van der Waals surface area contributed by atoms with Crippen molar-refractivity contribution in [1.29, 1.82) is 0 Å². The quantitative estimate of drug-likeness (QED) is 0.805. The number of carbonyl (C=O) groups is 1. The van der Waals surface area contributed by atoms with Crippen molar-refractivity contribution in [3.8, 4) is 0 Å². The molecule has 4 nitrogen and oxygen atoms in total. The van der Waals surface area contributed by atoms with Gasteiger partial charge >= 0.3 is 6.09 Å². The highest BCUT2D eigenvalue weighted by molar-refractivity contribution is 6.30. The second-order valence-electron chi connectivity index (χ2n) is 3.35. The van der Waals surface area contributed by atoms with E-state index in [1.165, 1.54) is 0 Å². The molecule has 1 fully saturated rings. The maximum atomic E-state index is 10.8. The molecular weight excluding hydrogens is 218 g/mol. The standard InChI is InChI=1S/C10H10ClNO3/c11-7-3-1-2-6(4-7)9(13)8-5-15-10(14)12-8/h1-4,8-9,13H,5H2,(H,12,14)/t8-,9-/m1/s1. The van der Waals surface area contributed by atoms with Crippen molar-refractivity contribution in [2.75, 3.05) is 6.61 Å². The van der Waals surface area contributed by atoms with Gasteiger partial charge in [0.15, 0.2) is 0 Å². The number of aliphatic hydroxyl groups is 1. The monoisotopic (exact) mass is 227 g/mol. The summed E-state index contributed by atoms with van der Waals surface area (Å²) < 4.78 is 4.70. The molecule has 0 radical (unpaired) electrons. The van der Waals surface area contributed by atoms with Crippen LogP contribution in [0, 0.1) is 0 Å². The van der Waals surface area contributed by atoms with Crippen LogP contribution in [0.1, 0.15) is 11.7 Å². The molecule has 0 saturated carbocycles. The van der Waals surface area contributed by atoms with Crippen LogP contribution in [0.3, 0.4) is 0 Å². The summed E-state index contributed by atoms with van der Waals surface area (Å²) in [6, 6.07) is 6.48. The number of amides is 1. The summed E-state index contributed by atoms with van der Waals surface area (Å²) in [4.78, 5) is 10.8. The van der Waals surface area contributed by atoms with E-state index in [1.54, 1.807) is 24.3 Å². The Kier molecular flexibility index (Phi) is 2.79. The number of aliphatic hydroxyl groups excluding tert-OH is 1. The molecule has 2 rings (SSSR count). The average Bonchev–Trinajstić information content (AvgIpc) is 2.64. The van der Waals surface area contributed by atoms with Crippen molar-refractivity contribution in [2.45, 2.75) is 12.1 Å².